The van der Waals surface area contributed by atoms with Crippen LogP contribution < -0.4 is 20.9 Å². The van der Waals surface area contributed by atoms with Crippen molar-refractivity contribution in [1.82, 2.24) is 14.7 Å². The molecule has 0 aliphatic rings. The number of carbonyl (C=O) groups is 3. The average molecular weight is 424 g/mol. The number of hydrogen-bond acceptors (Lipinski definition) is 7. The minimum Gasteiger partial charge on any atom is -0.497 e. The first-order valence-electron chi connectivity index (χ1n) is 9.34. The van der Waals surface area contributed by atoms with Gasteiger partial charge in [0.2, 0.25) is 0 Å². The number of anilines is 1. The van der Waals surface area contributed by atoms with E-state index in [1.165, 1.54) is 31.6 Å². The van der Waals surface area contributed by atoms with Gasteiger partial charge in [-0.1, -0.05) is 0 Å². The van der Waals surface area contributed by atoms with Crippen molar-refractivity contribution in [3.63, 3.8) is 0 Å². The Balaban J connectivity index is 1.83. The van der Waals surface area contributed by atoms with Crippen molar-refractivity contribution in [2.75, 3.05) is 25.6 Å². The predicted octanol–water partition coefficient (Wildman–Crippen LogP) is 1.25. The lowest BCUT2D eigenvalue weighted by atomic mass is 10.2. The molecule has 0 saturated heterocycles. The molecule has 2 amide bonds. The normalized spacial score (nSPS) is 10.4. The summed E-state index contributed by atoms with van der Waals surface area (Å²) >= 11 is 0. The fraction of sp³-hybridized carbons (Fsp3) is 0.190. The molecule has 0 radical (unpaired) electrons. The van der Waals surface area contributed by atoms with Crippen LogP contribution in [0.4, 0.5) is 5.69 Å². The maximum absolute atomic E-state index is 12.8. The van der Waals surface area contributed by atoms with E-state index in [4.69, 9.17) is 9.47 Å². The van der Waals surface area contributed by atoms with E-state index in [1.807, 2.05) is 0 Å². The van der Waals surface area contributed by atoms with Gasteiger partial charge in [0.25, 0.3) is 17.4 Å². The van der Waals surface area contributed by atoms with Crippen LogP contribution in [0.2, 0.25) is 0 Å². The first-order chi connectivity index (χ1) is 14.9. The van der Waals surface area contributed by atoms with E-state index in [-0.39, 0.29) is 30.0 Å². The lowest BCUT2D eigenvalue weighted by Gasteiger charge is -2.10. The Kier molecular flexibility index (Phi) is 6.61. The molecule has 0 unspecified atom stereocenters. The van der Waals surface area contributed by atoms with Crippen molar-refractivity contribution in [2.45, 2.75) is 6.92 Å². The molecule has 0 spiro atoms. The van der Waals surface area contributed by atoms with Crippen molar-refractivity contribution < 1.29 is 23.9 Å². The largest absolute Gasteiger partial charge is 0.497 e. The van der Waals surface area contributed by atoms with Gasteiger partial charge in [0, 0.05) is 11.8 Å². The Bertz CT molecular complexity index is 1190. The first-order valence-corrected chi connectivity index (χ1v) is 9.34. The van der Waals surface area contributed by atoms with Gasteiger partial charge in [0.15, 0.2) is 5.65 Å². The zero-order valence-corrected chi connectivity index (χ0v) is 16.9. The van der Waals surface area contributed by atoms with Crippen LogP contribution in [-0.2, 0) is 9.53 Å². The Labute approximate surface area is 176 Å². The number of aromatic nitrogens is 2. The van der Waals surface area contributed by atoms with Gasteiger partial charge >= 0.3 is 5.97 Å². The van der Waals surface area contributed by atoms with Gasteiger partial charge in [0.1, 0.15) is 18.0 Å². The highest BCUT2D eigenvalue weighted by molar-refractivity contribution is 6.04. The highest BCUT2D eigenvalue weighted by atomic mass is 16.5. The third kappa shape index (κ3) is 4.86. The minimum absolute atomic E-state index is 0.0533. The molecule has 0 bridgehead atoms. The summed E-state index contributed by atoms with van der Waals surface area (Å²) in [6.45, 7) is 1.55. The zero-order valence-electron chi connectivity index (χ0n) is 16.9. The molecular formula is C21H20N4O6. The lowest BCUT2D eigenvalue weighted by Crippen LogP contribution is -2.32. The summed E-state index contributed by atoms with van der Waals surface area (Å²) in [5.41, 5.74) is -0.111. The molecule has 0 saturated carbocycles. The van der Waals surface area contributed by atoms with Crippen LogP contribution in [0, 0.1) is 0 Å². The molecule has 160 valence electrons. The number of benzene rings is 1. The number of ether oxygens (including phenoxy) is 2. The van der Waals surface area contributed by atoms with E-state index in [9.17, 15) is 19.2 Å². The fourth-order valence-electron chi connectivity index (χ4n) is 2.77. The molecule has 3 aromatic rings. The quantitative estimate of drug-likeness (QED) is 0.546. The molecule has 2 N–H and O–H groups in total. The Hall–Kier alpha value is -4.21. The number of hydrogen-bond donors (Lipinski definition) is 2. The van der Waals surface area contributed by atoms with Crippen LogP contribution in [0.5, 0.6) is 5.75 Å². The summed E-state index contributed by atoms with van der Waals surface area (Å²) in [7, 11) is 1.52. The topological polar surface area (TPSA) is 128 Å². The number of carbonyl (C=O) groups excluding carboxylic acids is 3. The van der Waals surface area contributed by atoms with Gasteiger partial charge in [-0.15, -0.1) is 0 Å². The number of nitrogens with one attached hydrogen (secondary N) is 2. The van der Waals surface area contributed by atoms with Crippen LogP contribution in [0.15, 0.2) is 53.6 Å². The Morgan fingerprint density at radius 1 is 1.10 bits per heavy atom. The van der Waals surface area contributed by atoms with Crippen LogP contribution in [0.25, 0.3) is 5.65 Å². The SMILES string of the molecule is CCOC(=O)CNC(=O)c1cccn2c(=O)c(NC(=O)c3ccc(OC)cc3)cnc12. The highest BCUT2D eigenvalue weighted by Crippen LogP contribution is 2.13. The van der Waals surface area contributed by atoms with Gasteiger partial charge in [-0.3, -0.25) is 23.6 Å². The van der Waals surface area contributed by atoms with E-state index in [0.717, 1.165) is 4.40 Å². The lowest BCUT2D eigenvalue weighted by molar-refractivity contribution is -0.141. The number of rotatable bonds is 7. The predicted molar refractivity (Wildman–Crippen MR) is 111 cm³/mol. The molecule has 0 atom stereocenters. The highest BCUT2D eigenvalue weighted by Gasteiger charge is 2.16. The van der Waals surface area contributed by atoms with Gasteiger partial charge < -0.3 is 20.1 Å². The number of fused-ring (bicyclic) bond motifs is 1. The molecule has 0 aliphatic heterocycles. The number of nitrogens with zero attached hydrogens (tertiary/aromatic N) is 2. The van der Waals surface area contributed by atoms with Crippen molar-refractivity contribution in [2.24, 2.45) is 0 Å². The van der Waals surface area contributed by atoms with E-state index >= 15 is 0 Å². The molecule has 2 heterocycles. The second-order valence-corrected chi connectivity index (χ2v) is 6.26. The summed E-state index contributed by atoms with van der Waals surface area (Å²) in [4.78, 5) is 53.3. The summed E-state index contributed by atoms with van der Waals surface area (Å²) in [5, 5.41) is 4.95. The summed E-state index contributed by atoms with van der Waals surface area (Å²) < 4.78 is 11.0. The van der Waals surface area contributed by atoms with E-state index < -0.39 is 23.3 Å². The second kappa shape index (κ2) is 9.53. The van der Waals surface area contributed by atoms with E-state index in [2.05, 4.69) is 15.6 Å². The number of amides is 2. The standard InChI is InChI=1S/C21H20N4O6/c1-3-31-17(26)12-23-20(28)15-5-4-10-25-18(15)22-11-16(21(25)29)24-19(27)13-6-8-14(30-2)9-7-13/h4-11H,3,12H2,1-2H3,(H,23,28)(H,24,27). The van der Waals surface area contributed by atoms with Crippen LogP contribution in [0.1, 0.15) is 27.6 Å². The maximum Gasteiger partial charge on any atom is 0.325 e. The van der Waals surface area contributed by atoms with Gasteiger partial charge in [-0.05, 0) is 43.3 Å². The number of methoxy groups -OCH3 is 1. The molecule has 31 heavy (non-hydrogen) atoms. The second-order valence-electron chi connectivity index (χ2n) is 6.26. The summed E-state index contributed by atoms with van der Waals surface area (Å²) in [5.74, 6) is -1.07. The molecule has 0 aliphatic carbocycles. The summed E-state index contributed by atoms with van der Waals surface area (Å²) in [6.07, 6.45) is 2.61. The number of esters is 1. The molecular weight excluding hydrogens is 404 g/mol. The third-order valence-electron chi connectivity index (χ3n) is 4.28. The number of pyridine rings is 1. The van der Waals surface area contributed by atoms with Crippen LogP contribution in [-0.4, -0.2) is 47.4 Å². The van der Waals surface area contributed by atoms with Crippen molar-refractivity contribution in [3.05, 3.63) is 70.3 Å². The maximum atomic E-state index is 12.8. The molecule has 10 nitrogen and oxygen atoms in total. The van der Waals surface area contributed by atoms with Crippen molar-refractivity contribution in [1.29, 1.82) is 0 Å². The Morgan fingerprint density at radius 3 is 2.52 bits per heavy atom. The van der Waals surface area contributed by atoms with Crippen LogP contribution >= 0.6 is 0 Å². The first kappa shape index (κ1) is 21.5. The van der Waals surface area contributed by atoms with Gasteiger partial charge in [0.05, 0.1) is 25.5 Å². The molecule has 2 aromatic heterocycles. The van der Waals surface area contributed by atoms with E-state index in [1.54, 1.807) is 31.2 Å². The minimum atomic E-state index is -0.590. The van der Waals surface area contributed by atoms with Crippen molar-refractivity contribution in [3.8, 4) is 5.75 Å². The molecule has 10 heteroatoms. The molecule has 3 rings (SSSR count). The fourth-order valence-corrected chi connectivity index (χ4v) is 2.77. The van der Waals surface area contributed by atoms with Crippen LogP contribution in [0.3, 0.4) is 0 Å². The van der Waals surface area contributed by atoms with Crippen molar-refractivity contribution >= 4 is 29.1 Å². The monoisotopic (exact) mass is 424 g/mol. The zero-order chi connectivity index (χ0) is 22.4. The summed E-state index contributed by atoms with van der Waals surface area (Å²) in [6, 6.07) is 9.34. The molecule has 1 aromatic carbocycles. The van der Waals surface area contributed by atoms with Gasteiger partial charge in [-0.25, -0.2) is 4.98 Å². The average Bonchev–Trinajstić information content (AvgIpc) is 2.79. The third-order valence-corrected chi connectivity index (χ3v) is 4.28. The smallest absolute Gasteiger partial charge is 0.325 e. The van der Waals surface area contributed by atoms with E-state index in [0.29, 0.717) is 11.3 Å². The van der Waals surface area contributed by atoms with Gasteiger partial charge in [-0.2, -0.15) is 0 Å². The molecule has 0 fully saturated rings. The Morgan fingerprint density at radius 2 is 1.84 bits per heavy atom.